The Morgan fingerprint density at radius 3 is 2.75 bits per heavy atom. The van der Waals surface area contributed by atoms with Gasteiger partial charge in [-0.05, 0) is 24.8 Å². The van der Waals surface area contributed by atoms with E-state index < -0.39 is 0 Å². The van der Waals surface area contributed by atoms with E-state index in [1.807, 2.05) is 18.4 Å². The van der Waals surface area contributed by atoms with Crippen LogP contribution in [0.3, 0.4) is 0 Å². The Hall–Kier alpha value is -0.380. The first-order valence-corrected chi connectivity index (χ1v) is 6.68. The maximum Gasteiger partial charge on any atom is 0.0731 e. The third-order valence-electron chi connectivity index (χ3n) is 4.38. The Labute approximate surface area is 102 Å². The topological polar surface area (TPSA) is 21.3 Å². The average Bonchev–Trinajstić information content (AvgIpc) is 2.76. The van der Waals surface area contributed by atoms with Gasteiger partial charge in [0.05, 0.1) is 5.60 Å². The summed E-state index contributed by atoms with van der Waals surface area (Å²) in [4.78, 5) is 1.40. The molecule has 0 aromatic carbocycles. The molecule has 3 heteroatoms. The summed E-state index contributed by atoms with van der Waals surface area (Å²) in [6.45, 7) is 7.75. The molecule has 1 N–H and O–H groups in total. The van der Waals surface area contributed by atoms with Crippen LogP contribution < -0.4 is 5.32 Å². The fourth-order valence-corrected chi connectivity index (χ4v) is 3.11. The minimum atomic E-state index is 0.0279. The van der Waals surface area contributed by atoms with Crippen molar-refractivity contribution in [2.24, 2.45) is 5.41 Å². The number of methoxy groups -OCH3 is 1. The minimum absolute atomic E-state index is 0.0279. The Morgan fingerprint density at radius 2 is 2.25 bits per heavy atom. The van der Waals surface area contributed by atoms with Crippen molar-refractivity contribution >= 4 is 11.3 Å². The lowest BCUT2D eigenvalue weighted by atomic mass is 9.56. The maximum absolute atomic E-state index is 5.62. The minimum Gasteiger partial charge on any atom is -0.378 e. The van der Waals surface area contributed by atoms with Crippen LogP contribution in [0.5, 0.6) is 0 Å². The molecule has 0 spiro atoms. The second-order valence-electron chi connectivity index (χ2n) is 5.37. The predicted molar refractivity (Wildman–Crippen MR) is 68.8 cm³/mol. The number of thiophene rings is 1. The van der Waals surface area contributed by atoms with Crippen molar-refractivity contribution in [2.45, 2.75) is 45.4 Å². The van der Waals surface area contributed by atoms with E-state index in [4.69, 9.17) is 4.74 Å². The Kier molecular flexibility index (Phi) is 3.12. The van der Waals surface area contributed by atoms with Gasteiger partial charge in [0, 0.05) is 30.0 Å². The van der Waals surface area contributed by atoms with Crippen LogP contribution in [0.2, 0.25) is 0 Å². The van der Waals surface area contributed by atoms with Gasteiger partial charge < -0.3 is 10.1 Å². The van der Waals surface area contributed by atoms with E-state index in [1.54, 1.807) is 0 Å². The molecule has 0 saturated heterocycles. The van der Waals surface area contributed by atoms with Crippen molar-refractivity contribution in [1.29, 1.82) is 0 Å². The summed E-state index contributed by atoms with van der Waals surface area (Å²) in [5.74, 6) is 0. The fourth-order valence-electron chi connectivity index (χ4n) is 2.46. The highest BCUT2D eigenvalue weighted by Gasteiger charge is 2.57. The summed E-state index contributed by atoms with van der Waals surface area (Å²) in [6, 6.07) is 4.84. The molecule has 1 aliphatic carbocycles. The van der Waals surface area contributed by atoms with Gasteiger partial charge in [-0.25, -0.2) is 0 Å². The summed E-state index contributed by atoms with van der Waals surface area (Å²) in [6.07, 6.45) is 1.10. The lowest BCUT2D eigenvalue weighted by molar-refractivity contribution is -0.180. The molecule has 1 aliphatic rings. The van der Waals surface area contributed by atoms with E-state index >= 15 is 0 Å². The largest absolute Gasteiger partial charge is 0.378 e. The molecule has 1 heterocycles. The van der Waals surface area contributed by atoms with E-state index in [-0.39, 0.29) is 11.0 Å². The Morgan fingerprint density at radius 1 is 1.50 bits per heavy atom. The molecule has 2 unspecified atom stereocenters. The van der Waals surface area contributed by atoms with E-state index in [0.717, 1.165) is 13.0 Å². The molecule has 0 bridgehead atoms. The zero-order chi connectivity index (χ0) is 11.8. The lowest BCUT2D eigenvalue weighted by Crippen LogP contribution is -2.67. The van der Waals surface area contributed by atoms with Crippen LogP contribution in [-0.2, 0) is 11.3 Å². The van der Waals surface area contributed by atoms with Gasteiger partial charge in [-0.1, -0.05) is 19.9 Å². The van der Waals surface area contributed by atoms with Crippen LogP contribution in [0.1, 0.15) is 32.1 Å². The third-order valence-corrected chi connectivity index (χ3v) is 5.26. The highest BCUT2D eigenvalue weighted by Crippen LogP contribution is 2.51. The van der Waals surface area contributed by atoms with E-state index in [0.29, 0.717) is 6.04 Å². The van der Waals surface area contributed by atoms with Crippen molar-refractivity contribution in [3.8, 4) is 0 Å². The third kappa shape index (κ3) is 1.81. The van der Waals surface area contributed by atoms with Gasteiger partial charge in [-0.3, -0.25) is 0 Å². The molecule has 1 saturated carbocycles. The highest BCUT2D eigenvalue weighted by atomic mass is 32.1. The molecule has 0 aliphatic heterocycles. The predicted octanol–water partition coefficient (Wildman–Crippen LogP) is 3.04. The van der Waals surface area contributed by atoms with Gasteiger partial charge in [-0.15, -0.1) is 11.3 Å². The smallest absolute Gasteiger partial charge is 0.0731 e. The van der Waals surface area contributed by atoms with E-state index in [1.165, 1.54) is 4.88 Å². The number of hydrogen-bond donors (Lipinski definition) is 1. The standard InChI is InChI=1S/C13H21NOS/c1-12(2)11(8-13(12,3)15-4)14-9-10-6-5-7-16-10/h5-7,11,14H,8-9H2,1-4H3. The molecule has 1 aromatic heterocycles. The van der Waals surface area contributed by atoms with Crippen LogP contribution in [0.4, 0.5) is 0 Å². The highest BCUT2D eigenvalue weighted by molar-refractivity contribution is 7.09. The molecule has 90 valence electrons. The van der Waals surface area contributed by atoms with Gasteiger partial charge in [0.25, 0.3) is 0 Å². The number of nitrogens with one attached hydrogen (secondary N) is 1. The molecule has 1 aromatic rings. The number of ether oxygens (including phenoxy) is 1. The van der Waals surface area contributed by atoms with Crippen LogP contribution >= 0.6 is 11.3 Å². The Balaban J connectivity index is 1.90. The van der Waals surface area contributed by atoms with Gasteiger partial charge >= 0.3 is 0 Å². The van der Waals surface area contributed by atoms with Crippen LogP contribution in [-0.4, -0.2) is 18.8 Å². The second-order valence-corrected chi connectivity index (χ2v) is 6.41. The molecule has 0 radical (unpaired) electrons. The normalized spacial score (nSPS) is 32.4. The zero-order valence-electron chi connectivity index (χ0n) is 10.5. The first-order valence-electron chi connectivity index (χ1n) is 5.80. The zero-order valence-corrected chi connectivity index (χ0v) is 11.4. The Bertz CT molecular complexity index is 347. The monoisotopic (exact) mass is 239 g/mol. The van der Waals surface area contributed by atoms with E-state index in [9.17, 15) is 0 Å². The van der Waals surface area contributed by atoms with Gasteiger partial charge in [0.1, 0.15) is 0 Å². The van der Waals surface area contributed by atoms with Crippen molar-refractivity contribution in [2.75, 3.05) is 7.11 Å². The quantitative estimate of drug-likeness (QED) is 0.872. The first-order chi connectivity index (χ1) is 7.49. The van der Waals surface area contributed by atoms with Crippen LogP contribution in [0.25, 0.3) is 0 Å². The summed E-state index contributed by atoms with van der Waals surface area (Å²) >= 11 is 1.81. The molecule has 2 rings (SSSR count). The van der Waals surface area contributed by atoms with Gasteiger partial charge in [-0.2, -0.15) is 0 Å². The first kappa shape index (κ1) is 12.1. The van der Waals surface area contributed by atoms with Crippen LogP contribution in [0.15, 0.2) is 17.5 Å². The lowest BCUT2D eigenvalue weighted by Gasteiger charge is -2.59. The summed E-state index contributed by atoms with van der Waals surface area (Å²) in [5.41, 5.74) is 0.235. The second kappa shape index (κ2) is 4.13. The fraction of sp³-hybridized carbons (Fsp3) is 0.692. The van der Waals surface area contributed by atoms with Gasteiger partial charge in [0.2, 0.25) is 0 Å². The maximum atomic E-state index is 5.62. The van der Waals surface area contributed by atoms with Crippen molar-refractivity contribution in [1.82, 2.24) is 5.32 Å². The number of hydrogen-bond acceptors (Lipinski definition) is 3. The van der Waals surface area contributed by atoms with Gasteiger partial charge in [0.15, 0.2) is 0 Å². The average molecular weight is 239 g/mol. The van der Waals surface area contributed by atoms with E-state index in [2.05, 4.69) is 43.6 Å². The molecule has 2 nitrogen and oxygen atoms in total. The molecule has 1 fully saturated rings. The summed E-state index contributed by atoms with van der Waals surface area (Å²) in [7, 11) is 1.82. The molecule has 16 heavy (non-hydrogen) atoms. The SMILES string of the molecule is COC1(C)CC(NCc2cccs2)C1(C)C. The molecule has 0 amide bonds. The summed E-state index contributed by atoms with van der Waals surface area (Å²) in [5, 5.41) is 5.76. The molecular formula is C13H21NOS. The van der Waals surface area contributed by atoms with Crippen molar-refractivity contribution in [3.05, 3.63) is 22.4 Å². The van der Waals surface area contributed by atoms with Crippen molar-refractivity contribution < 1.29 is 4.74 Å². The van der Waals surface area contributed by atoms with Crippen LogP contribution in [0, 0.1) is 5.41 Å². The number of rotatable bonds is 4. The molecular weight excluding hydrogens is 218 g/mol. The van der Waals surface area contributed by atoms with Crippen molar-refractivity contribution in [3.63, 3.8) is 0 Å². The molecule has 2 atom stereocenters. The summed E-state index contributed by atoms with van der Waals surface area (Å²) < 4.78 is 5.62.